The third-order valence-electron chi connectivity index (χ3n) is 0.847. The van der Waals surface area contributed by atoms with E-state index in [0.29, 0.717) is 0 Å². The quantitative estimate of drug-likeness (QED) is 0.333. The van der Waals surface area contributed by atoms with Crippen LogP contribution in [0, 0.1) is 14.4 Å². The minimum Gasteiger partial charge on any atom is -0.358 e. The molecule has 0 aliphatic rings. The summed E-state index contributed by atoms with van der Waals surface area (Å²) >= 11 is 0. The molecule has 0 bridgehead atoms. The maximum absolute atomic E-state index is 3.85. The van der Waals surface area contributed by atoms with E-state index in [0.717, 1.165) is 0 Å². The van der Waals surface area contributed by atoms with Crippen molar-refractivity contribution in [2.45, 2.75) is 6.92 Å². The van der Waals surface area contributed by atoms with Gasteiger partial charge in [0.1, 0.15) is 0 Å². The van der Waals surface area contributed by atoms with Crippen molar-refractivity contribution in [3.8, 4) is 0 Å². The predicted molar refractivity (Wildman–Crippen MR) is 35.4 cm³/mol. The van der Waals surface area contributed by atoms with Gasteiger partial charge in [0, 0.05) is 12.4 Å². The number of hydrogen-bond acceptors (Lipinski definition) is 1. The maximum atomic E-state index is 3.85. The first-order valence-electron chi connectivity index (χ1n) is 2.26. The average Bonchev–Trinajstić information content (AvgIpc) is 1.69. The Balaban J connectivity index is 0. The molecule has 0 radical (unpaired) electrons. The van der Waals surface area contributed by atoms with Gasteiger partial charge in [-0.25, -0.2) is 0 Å². The summed E-state index contributed by atoms with van der Waals surface area (Å²) in [4.78, 5) is 3.85. The van der Waals surface area contributed by atoms with Crippen LogP contribution in [0.15, 0.2) is 24.5 Å². The second-order valence-corrected chi connectivity index (χ2v) is 1.52. The zero-order valence-corrected chi connectivity index (χ0v) is 9.38. The molecule has 0 N–H and O–H groups in total. The fourth-order valence-corrected chi connectivity index (χ4v) is 0.426. The number of rotatable bonds is 0. The van der Waals surface area contributed by atoms with Gasteiger partial charge in [0.15, 0.2) is 0 Å². The van der Waals surface area contributed by atoms with Gasteiger partial charge in [0.05, 0.1) is 0 Å². The normalized spacial score (nSPS) is 6.78. The molecule has 1 rings (SSSR count). The Labute approximate surface area is 99.3 Å². The van der Waals surface area contributed by atoms with Gasteiger partial charge in [-0.3, -0.25) is 4.98 Å². The predicted octanol–water partition coefficient (Wildman–Crippen LogP) is -1.16. The van der Waals surface area contributed by atoms with E-state index in [9.17, 15) is 0 Å². The summed E-state index contributed by atoms with van der Waals surface area (Å²) in [5.41, 5.74) is 1.26. The zero-order chi connectivity index (χ0) is 5.11. The molecule has 1 nitrogen and oxygen atoms in total. The minimum atomic E-state index is 0. The van der Waals surface area contributed by atoms with Gasteiger partial charge in [0.2, 0.25) is 0 Å². The summed E-state index contributed by atoms with van der Waals surface area (Å²) in [5.74, 6) is 0. The molecular formula is C7H10KN. The van der Waals surface area contributed by atoms with E-state index in [1.165, 1.54) is 5.56 Å². The Morgan fingerprint density at radius 1 is 1.22 bits per heavy atom. The van der Waals surface area contributed by atoms with Crippen molar-refractivity contribution in [3.05, 3.63) is 37.5 Å². The average molecular weight is 147 g/mol. The molecule has 9 heavy (non-hydrogen) atoms. The van der Waals surface area contributed by atoms with E-state index < -0.39 is 0 Å². The minimum absolute atomic E-state index is 0. The van der Waals surface area contributed by atoms with Crippen molar-refractivity contribution >= 4 is 0 Å². The van der Waals surface area contributed by atoms with Crippen LogP contribution in [0.4, 0.5) is 0 Å². The summed E-state index contributed by atoms with van der Waals surface area (Å²) in [6, 6.07) is 3.94. The van der Waals surface area contributed by atoms with Crippen molar-refractivity contribution in [1.82, 2.24) is 4.98 Å². The molecule has 0 aliphatic heterocycles. The number of aromatic nitrogens is 1. The smallest absolute Gasteiger partial charge is 0.358 e. The monoisotopic (exact) mass is 147 g/mol. The summed E-state index contributed by atoms with van der Waals surface area (Å²) in [7, 11) is 0. The van der Waals surface area contributed by atoms with Crippen molar-refractivity contribution < 1.29 is 51.4 Å². The molecule has 2 heteroatoms. The van der Waals surface area contributed by atoms with Crippen molar-refractivity contribution in [3.63, 3.8) is 0 Å². The molecule has 1 aromatic heterocycles. The van der Waals surface area contributed by atoms with Crippen LogP contribution >= 0.6 is 0 Å². The standard InChI is InChI=1S/C6H7N.CH3.K/c1-6-2-4-7-5-3-6;;/h2-5H,1H3;1H3;/q;-1;+1. The second kappa shape index (κ2) is 6.90. The molecule has 0 amide bonds. The SMILES string of the molecule is Cc1ccncc1.[CH3-].[K+]. The van der Waals surface area contributed by atoms with Crippen molar-refractivity contribution in [1.29, 1.82) is 0 Å². The molecule has 0 spiro atoms. The van der Waals surface area contributed by atoms with Gasteiger partial charge in [-0.05, 0) is 24.6 Å². The first-order chi connectivity index (χ1) is 3.39. The van der Waals surface area contributed by atoms with E-state index in [1.807, 2.05) is 19.1 Å². The van der Waals surface area contributed by atoms with Crippen LogP contribution in [0.5, 0.6) is 0 Å². The van der Waals surface area contributed by atoms with E-state index in [1.54, 1.807) is 12.4 Å². The van der Waals surface area contributed by atoms with Gasteiger partial charge in [-0.15, -0.1) is 0 Å². The second-order valence-electron chi connectivity index (χ2n) is 1.52. The summed E-state index contributed by atoms with van der Waals surface area (Å²) in [5, 5.41) is 0. The molecule has 44 valence electrons. The molecular weight excluding hydrogens is 137 g/mol. The fraction of sp³-hybridized carbons (Fsp3) is 0.143. The molecule has 0 aromatic carbocycles. The first kappa shape index (κ1) is 12.5. The van der Waals surface area contributed by atoms with Crippen LogP contribution in [-0.2, 0) is 0 Å². The molecule has 0 aliphatic carbocycles. The van der Waals surface area contributed by atoms with Gasteiger partial charge in [0.25, 0.3) is 0 Å². The molecule has 0 saturated heterocycles. The van der Waals surface area contributed by atoms with Crippen molar-refractivity contribution in [2.75, 3.05) is 0 Å². The van der Waals surface area contributed by atoms with Gasteiger partial charge >= 0.3 is 51.4 Å². The third-order valence-corrected chi connectivity index (χ3v) is 0.847. The molecule has 0 saturated carbocycles. The van der Waals surface area contributed by atoms with Crippen LogP contribution in [0.1, 0.15) is 5.56 Å². The van der Waals surface area contributed by atoms with Gasteiger partial charge < -0.3 is 7.43 Å². The number of aryl methyl sites for hydroxylation is 1. The summed E-state index contributed by atoms with van der Waals surface area (Å²) in [6.07, 6.45) is 3.57. The molecule has 1 aromatic rings. The van der Waals surface area contributed by atoms with Crippen LogP contribution in [-0.4, -0.2) is 4.98 Å². The number of pyridine rings is 1. The molecule has 0 unspecified atom stereocenters. The Morgan fingerprint density at radius 3 is 1.89 bits per heavy atom. The third kappa shape index (κ3) is 5.24. The molecule has 0 fully saturated rings. The van der Waals surface area contributed by atoms with E-state index >= 15 is 0 Å². The molecule has 1 heterocycles. The van der Waals surface area contributed by atoms with E-state index in [2.05, 4.69) is 4.98 Å². The summed E-state index contributed by atoms with van der Waals surface area (Å²) < 4.78 is 0. The molecule has 0 atom stereocenters. The largest absolute Gasteiger partial charge is 1.00 e. The fourth-order valence-electron chi connectivity index (χ4n) is 0.426. The Hall–Kier alpha value is 0.786. The topological polar surface area (TPSA) is 12.9 Å². The van der Waals surface area contributed by atoms with Gasteiger partial charge in [-0.2, -0.15) is 0 Å². The van der Waals surface area contributed by atoms with E-state index in [4.69, 9.17) is 0 Å². The van der Waals surface area contributed by atoms with Crippen LogP contribution in [0.2, 0.25) is 0 Å². The first-order valence-corrected chi connectivity index (χ1v) is 2.26. The van der Waals surface area contributed by atoms with Crippen LogP contribution in [0.25, 0.3) is 0 Å². The Morgan fingerprint density at radius 2 is 1.67 bits per heavy atom. The Kier molecular flexibility index (Phi) is 9.55. The summed E-state index contributed by atoms with van der Waals surface area (Å²) in [6.45, 7) is 2.04. The number of hydrogen-bond donors (Lipinski definition) is 0. The van der Waals surface area contributed by atoms with E-state index in [-0.39, 0.29) is 58.8 Å². The Bertz CT molecular complexity index is 139. The van der Waals surface area contributed by atoms with Gasteiger partial charge in [-0.1, -0.05) is 0 Å². The van der Waals surface area contributed by atoms with Crippen LogP contribution < -0.4 is 51.4 Å². The zero-order valence-electron chi connectivity index (χ0n) is 6.26. The van der Waals surface area contributed by atoms with Crippen molar-refractivity contribution in [2.24, 2.45) is 0 Å². The van der Waals surface area contributed by atoms with Crippen LogP contribution in [0.3, 0.4) is 0 Å². The number of nitrogens with zero attached hydrogens (tertiary/aromatic N) is 1. The maximum Gasteiger partial charge on any atom is 1.00 e.